The molecule has 186 valence electrons. The second-order valence-corrected chi connectivity index (χ2v) is 10.6. The molecular weight excluding hydrogens is 610 g/mol. The minimum Gasteiger partial charge on any atom is -0.493 e. The number of amides is 2. The Hall–Kier alpha value is -2.75. The summed E-state index contributed by atoms with van der Waals surface area (Å²) in [5.41, 5.74) is 3.00. The Kier molecular flexibility index (Phi) is 8.77. The molecule has 4 rings (SSSR count). The first-order valence-electron chi connectivity index (χ1n) is 11.0. The third kappa shape index (κ3) is 6.32. The third-order valence-electron chi connectivity index (χ3n) is 5.30. The number of thioether (sulfide) groups is 1. The molecule has 3 aromatic rings. The summed E-state index contributed by atoms with van der Waals surface area (Å²) in [4.78, 5) is 26.9. The van der Waals surface area contributed by atoms with E-state index in [4.69, 9.17) is 14.2 Å². The van der Waals surface area contributed by atoms with E-state index >= 15 is 0 Å². The minimum atomic E-state index is -0.347. The van der Waals surface area contributed by atoms with Gasteiger partial charge in [0.15, 0.2) is 11.5 Å². The van der Waals surface area contributed by atoms with Gasteiger partial charge in [-0.15, -0.1) is 0 Å². The number of hydrogen-bond acceptors (Lipinski definition) is 6. The van der Waals surface area contributed by atoms with Crippen LogP contribution in [0.25, 0.3) is 6.08 Å². The molecule has 9 heteroatoms. The summed E-state index contributed by atoms with van der Waals surface area (Å²) in [6.45, 7) is 2.77. The number of carbonyl (C=O) groups excluding carboxylic acids is 2. The van der Waals surface area contributed by atoms with Gasteiger partial charge in [0.1, 0.15) is 19.0 Å². The summed E-state index contributed by atoms with van der Waals surface area (Å²) in [5.74, 6) is 1.46. The molecule has 6 nitrogen and oxygen atoms in total. The van der Waals surface area contributed by atoms with Gasteiger partial charge in [-0.3, -0.25) is 14.5 Å². The van der Waals surface area contributed by atoms with E-state index in [1.54, 1.807) is 25.3 Å². The van der Waals surface area contributed by atoms with E-state index in [2.05, 4.69) is 37.9 Å². The Morgan fingerprint density at radius 3 is 2.36 bits per heavy atom. The van der Waals surface area contributed by atoms with Gasteiger partial charge in [0.25, 0.3) is 11.1 Å². The number of benzene rings is 3. The third-order valence-corrected chi connectivity index (χ3v) is 7.38. The topological polar surface area (TPSA) is 65.1 Å². The van der Waals surface area contributed by atoms with Gasteiger partial charge < -0.3 is 14.2 Å². The lowest BCUT2D eigenvalue weighted by molar-refractivity contribution is -0.123. The van der Waals surface area contributed by atoms with E-state index < -0.39 is 0 Å². The molecule has 1 heterocycles. The predicted molar refractivity (Wildman–Crippen MR) is 149 cm³/mol. The second-order valence-electron chi connectivity index (χ2n) is 7.92. The highest BCUT2D eigenvalue weighted by atomic mass is 79.9. The lowest BCUT2D eigenvalue weighted by atomic mass is 10.1. The minimum absolute atomic E-state index is 0.138. The molecule has 36 heavy (non-hydrogen) atoms. The second kappa shape index (κ2) is 12.0. The lowest BCUT2D eigenvalue weighted by Gasteiger charge is -2.14. The van der Waals surface area contributed by atoms with Crippen LogP contribution in [0.1, 0.15) is 16.7 Å². The molecule has 0 saturated carbocycles. The van der Waals surface area contributed by atoms with Crippen molar-refractivity contribution in [2.45, 2.75) is 13.5 Å². The fraction of sp³-hybridized carbons (Fsp3) is 0.185. The van der Waals surface area contributed by atoms with E-state index in [1.165, 1.54) is 10.5 Å². The summed E-state index contributed by atoms with van der Waals surface area (Å²) in [5, 5.41) is -0.328. The number of halogens is 2. The van der Waals surface area contributed by atoms with Gasteiger partial charge >= 0.3 is 0 Å². The smallest absolute Gasteiger partial charge is 0.293 e. The average molecular weight is 633 g/mol. The van der Waals surface area contributed by atoms with Gasteiger partial charge in [-0.05, 0) is 92.0 Å². The van der Waals surface area contributed by atoms with Crippen LogP contribution in [0.5, 0.6) is 17.2 Å². The van der Waals surface area contributed by atoms with Gasteiger partial charge in [0.2, 0.25) is 0 Å². The number of carbonyl (C=O) groups is 2. The number of nitrogens with zero attached hydrogens (tertiary/aromatic N) is 1. The summed E-state index contributed by atoms with van der Waals surface area (Å²) in [6.07, 6.45) is 1.70. The Bertz CT molecular complexity index is 1300. The van der Waals surface area contributed by atoms with Crippen molar-refractivity contribution in [1.82, 2.24) is 4.90 Å². The molecule has 0 unspecified atom stereocenters. The molecule has 1 aliphatic rings. The summed E-state index contributed by atoms with van der Waals surface area (Å²) < 4.78 is 18.5. The van der Waals surface area contributed by atoms with Crippen LogP contribution in [0.2, 0.25) is 0 Å². The predicted octanol–water partition coefficient (Wildman–Crippen LogP) is 7.22. The van der Waals surface area contributed by atoms with Crippen molar-refractivity contribution in [2.24, 2.45) is 0 Å². The van der Waals surface area contributed by atoms with Crippen LogP contribution in [0.4, 0.5) is 4.79 Å². The molecule has 0 atom stereocenters. The maximum absolute atomic E-state index is 12.9. The Balaban J connectivity index is 1.41. The van der Waals surface area contributed by atoms with Crippen molar-refractivity contribution in [2.75, 3.05) is 20.3 Å². The molecule has 1 fully saturated rings. The lowest BCUT2D eigenvalue weighted by Crippen LogP contribution is -2.32. The molecule has 0 N–H and O–H groups in total. The molecule has 2 amide bonds. The van der Waals surface area contributed by atoms with Crippen LogP contribution in [-0.4, -0.2) is 36.3 Å². The van der Waals surface area contributed by atoms with Crippen molar-refractivity contribution in [3.8, 4) is 17.2 Å². The largest absolute Gasteiger partial charge is 0.493 e. The normalized spacial score (nSPS) is 14.4. The van der Waals surface area contributed by atoms with Gasteiger partial charge in [-0.2, -0.15) is 0 Å². The first kappa shape index (κ1) is 26.3. The number of ether oxygens (including phenoxy) is 3. The van der Waals surface area contributed by atoms with E-state index in [0.717, 1.165) is 31.8 Å². The summed E-state index contributed by atoms with van der Waals surface area (Å²) in [7, 11) is 1.56. The highest BCUT2D eigenvalue weighted by molar-refractivity contribution is 9.11. The monoisotopic (exact) mass is 631 g/mol. The molecule has 0 aliphatic carbocycles. The van der Waals surface area contributed by atoms with Crippen molar-refractivity contribution >= 4 is 60.8 Å². The van der Waals surface area contributed by atoms with Crippen LogP contribution in [0.3, 0.4) is 0 Å². The number of para-hydroxylation sites is 2. The summed E-state index contributed by atoms with van der Waals surface area (Å²) in [6, 6.07) is 19.1. The van der Waals surface area contributed by atoms with E-state index in [9.17, 15) is 9.59 Å². The zero-order valence-corrected chi connectivity index (χ0v) is 23.6. The summed E-state index contributed by atoms with van der Waals surface area (Å²) >= 11 is 8.04. The van der Waals surface area contributed by atoms with Gasteiger partial charge in [0, 0.05) is 0 Å². The maximum atomic E-state index is 12.9. The van der Waals surface area contributed by atoms with Gasteiger partial charge in [0.05, 0.1) is 27.5 Å². The van der Waals surface area contributed by atoms with Crippen molar-refractivity contribution in [1.29, 1.82) is 0 Å². The number of rotatable bonds is 9. The molecule has 1 saturated heterocycles. The maximum Gasteiger partial charge on any atom is 0.293 e. The fourth-order valence-electron chi connectivity index (χ4n) is 3.59. The van der Waals surface area contributed by atoms with E-state index in [1.807, 2.05) is 49.4 Å². The Morgan fingerprint density at radius 1 is 0.944 bits per heavy atom. The molecular formula is C27H23Br2NO5S. The van der Waals surface area contributed by atoms with Crippen molar-refractivity contribution < 1.29 is 23.8 Å². The van der Waals surface area contributed by atoms with Crippen LogP contribution in [0, 0.1) is 6.92 Å². The number of imide groups is 1. The molecule has 0 radical (unpaired) electrons. The van der Waals surface area contributed by atoms with E-state index in [-0.39, 0.29) is 24.3 Å². The molecule has 3 aromatic carbocycles. The highest BCUT2D eigenvalue weighted by Gasteiger charge is 2.35. The van der Waals surface area contributed by atoms with Crippen molar-refractivity contribution in [3.05, 3.63) is 91.2 Å². The number of methoxy groups -OCH3 is 1. The van der Waals surface area contributed by atoms with Crippen LogP contribution in [0.15, 0.2) is 74.5 Å². The quantitative estimate of drug-likeness (QED) is 0.232. The molecule has 0 bridgehead atoms. The number of hydrogen-bond donors (Lipinski definition) is 0. The Morgan fingerprint density at radius 2 is 1.67 bits per heavy atom. The fourth-order valence-corrected chi connectivity index (χ4v) is 5.90. The zero-order chi connectivity index (χ0) is 25.7. The molecule has 0 spiro atoms. The van der Waals surface area contributed by atoms with Crippen LogP contribution in [-0.2, 0) is 11.4 Å². The van der Waals surface area contributed by atoms with E-state index in [0.29, 0.717) is 28.8 Å². The Labute approximate surface area is 230 Å². The van der Waals surface area contributed by atoms with Crippen molar-refractivity contribution in [3.63, 3.8) is 0 Å². The SMILES string of the molecule is COc1ccccc1OCCN1C(=O)S/C(=C\c2cc(Br)c(OCc3cccc(C)c3)c(Br)c2)C1=O. The van der Waals surface area contributed by atoms with Gasteiger partial charge in [-0.1, -0.05) is 42.0 Å². The highest BCUT2D eigenvalue weighted by Crippen LogP contribution is 2.38. The average Bonchev–Trinajstić information content (AvgIpc) is 3.11. The standard InChI is InChI=1S/C27H23Br2NO5S/c1-17-6-5-7-18(12-17)16-35-25-20(28)13-19(14-21(25)29)15-24-26(31)30(27(32)36-24)10-11-34-23-9-4-3-8-22(23)33-2/h3-9,12-15H,10-11,16H2,1-2H3/b24-15-. The first-order valence-corrected chi connectivity index (χ1v) is 13.4. The van der Waals surface area contributed by atoms with Crippen LogP contribution < -0.4 is 14.2 Å². The zero-order valence-electron chi connectivity index (χ0n) is 19.6. The first-order chi connectivity index (χ1) is 17.4. The number of aryl methyl sites for hydroxylation is 1. The molecule has 1 aliphatic heterocycles. The molecule has 0 aromatic heterocycles. The van der Waals surface area contributed by atoms with Gasteiger partial charge in [-0.25, -0.2) is 0 Å². The van der Waals surface area contributed by atoms with Crippen LogP contribution >= 0.6 is 43.6 Å².